The molecule has 0 saturated heterocycles. The van der Waals surface area contributed by atoms with E-state index in [2.05, 4.69) is 0 Å². The fourth-order valence-electron chi connectivity index (χ4n) is 1.47. The second kappa shape index (κ2) is 5.59. The first-order valence-electron chi connectivity index (χ1n) is 5.81. The van der Waals surface area contributed by atoms with E-state index in [-0.39, 0.29) is 18.2 Å². The summed E-state index contributed by atoms with van der Waals surface area (Å²) in [5, 5.41) is 10.8. The Hall–Kier alpha value is -2.25. The van der Waals surface area contributed by atoms with Crippen molar-refractivity contribution >= 4 is 11.5 Å². The third-order valence-electron chi connectivity index (χ3n) is 2.71. The lowest BCUT2D eigenvalue weighted by atomic mass is 10.1. The average Bonchev–Trinajstić information content (AvgIpc) is 2.33. The summed E-state index contributed by atoms with van der Waals surface area (Å²) in [5.74, 6) is -0.692. The molecule has 1 rings (SSSR count). The largest absolute Gasteiger partial charge is 0.350 e. The van der Waals surface area contributed by atoms with Crippen molar-refractivity contribution < 1.29 is 9.72 Å². The Morgan fingerprint density at radius 2 is 2.00 bits per heavy atom. The molecule has 0 atom stereocenters. The van der Waals surface area contributed by atoms with Crippen molar-refractivity contribution in [1.29, 1.82) is 0 Å². The summed E-state index contributed by atoms with van der Waals surface area (Å²) < 4.78 is 1.65. The van der Waals surface area contributed by atoms with E-state index in [4.69, 9.17) is 0 Å². The summed E-state index contributed by atoms with van der Waals surface area (Å²) in [5.41, 5.74) is -2.47. The summed E-state index contributed by atoms with van der Waals surface area (Å²) in [7, 11) is 0. The Bertz CT molecular complexity index is 626. The molecule has 0 spiro atoms. The number of Topliss-reactive ketones (excluding diaryl/α,β-unsaturated/α-hetero) is 1. The molecule has 0 unspecified atom stereocenters. The highest BCUT2D eigenvalue weighted by molar-refractivity contribution is 5.80. The number of rotatable bonds is 5. The molecular weight excluding hydrogens is 254 g/mol. The van der Waals surface area contributed by atoms with Gasteiger partial charge in [0.05, 0.1) is 17.7 Å². The summed E-state index contributed by atoms with van der Waals surface area (Å²) in [4.78, 5) is 45.2. The average molecular weight is 269 g/mol. The third kappa shape index (κ3) is 2.95. The van der Waals surface area contributed by atoms with Gasteiger partial charge in [0.15, 0.2) is 5.78 Å². The van der Waals surface area contributed by atoms with Gasteiger partial charge in [0.2, 0.25) is 0 Å². The van der Waals surface area contributed by atoms with Crippen molar-refractivity contribution in [2.45, 2.75) is 33.9 Å². The Balaban J connectivity index is 3.49. The topological polar surface area (TPSA) is 104 Å². The highest BCUT2D eigenvalue weighted by atomic mass is 16.6. The first kappa shape index (κ1) is 14.8. The maximum Gasteiger partial charge on any atom is 0.350 e. The third-order valence-corrected chi connectivity index (χ3v) is 2.71. The van der Waals surface area contributed by atoms with E-state index in [9.17, 15) is 24.5 Å². The van der Waals surface area contributed by atoms with Crippen LogP contribution in [0.4, 0.5) is 5.69 Å². The number of aryl methyl sites for hydroxylation is 1. The monoisotopic (exact) mass is 269 g/mol. The number of carbonyl (C=O) groups excluding carboxylic acids is 1. The lowest BCUT2D eigenvalue weighted by Gasteiger charge is -2.09. The normalized spacial score (nSPS) is 10.7. The lowest BCUT2D eigenvalue weighted by molar-refractivity contribution is -0.387. The Morgan fingerprint density at radius 3 is 2.42 bits per heavy atom. The van der Waals surface area contributed by atoms with E-state index in [1.165, 1.54) is 0 Å². The quantitative estimate of drug-likeness (QED) is 0.559. The SMILES string of the molecule is CCn1cc([N+](=O)[O-])c(=O)n(CC(=O)C(C)C)c1=O. The molecule has 0 radical (unpaired) electrons. The second-order valence-corrected chi connectivity index (χ2v) is 4.35. The van der Waals surface area contributed by atoms with Crippen LogP contribution in [-0.4, -0.2) is 19.8 Å². The minimum Gasteiger partial charge on any atom is -0.297 e. The predicted molar refractivity (Wildman–Crippen MR) is 67.1 cm³/mol. The van der Waals surface area contributed by atoms with Gasteiger partial charge in [-0.3, -0.25) is 24.3 Å². The van der Waals surface area contributed by atoms with Crippen LogP contribution in [0.2, 0.25) is 0 Å². The number of ketones is 1. The van der Waals surface area contributed by atoms with Crippen LogP contribution in [0.5, 0.6) is 0 Å². The number of nitrogens with zero attached hydrogens (tertiary/aromatic N) is 3. The number of aromatic nitrogens is 2. The maximum absolute atomic E-state index is 11.9. The minimum absolute atomic E-state index is 0.176. The number of nitro groups is 1. The van der Waals surface area contributed by atoms with Gasteiger partial charge >= 0.3 is 16.9 Å². The molecule has 1 aromatic heterocycles. The van der Waals surface area contributed by atoms with Crippen molar-refractivity contribution in [2.24, 2.45) is 5.92 Å². The summed E-state index contributed by atoms with van der Waals surface area (Å²) >= 11 is 0. The van der Waals surface area contributed by atoms with Gasteiger partial charge < -0.3 is 0 Å². The van der Waals surface area contributed by atoms with Gasteiger partial charge in [-0.25, -0.2) is 9.36 Å². The Labute approximate surface area is 108 Å². The van der Waals surface area contributed by atoms with Crippen LogP contribution >= 0.6 is 0 Å². The summed E-state index contributed by atoms with van der Waals surface area (Å²) in [6.07, 6.45) is 0.904. The van der Waals surface area contributed by atoms with E-state index >= 15 is 0 Å². The van der Waals surface area contributed by atoms with E-state index < -0.39 is 28.4 Å². The van der Waals surface area contributed by atoms with Crippen LogP contribution in [0, 0.1) is 16.0 Å². The van der Waals surface area contributed by atoms with Crippen LogP contribution in [0.1, 0.15) is 20.8 Å². The van der Waals surface area contributed by atoms with E-state index in [1.54, 1.807) is 20.8 Å². The van der Waals surface area contributed by atoms with Gasteiger partial charge in [-0.05, 0) is 6.92 Å². The van der Waals surface area contributed by atoms with Crippen LogP contribution in [0.15, 0.2) is 15.8 Å². The zero-order chi connectivity index (χ0) is 14.7. The van der Waals surface area contributed by atoms with Gasteiger partial charge in [-0.15, -0.1) is 0 Å². The van der Waals surface area contributed by atoms with Gasteiger partial charge in [-0.2, -0.15) is 0 Å². The first-order chi connectivity index (χ1) is 8.79. The molecule has 0 aliphatic rings. The maximum atomic E-state index is 11.9. The zero-order valence-corrected chi connectivity index (χ0v) is 11.0. The molecule has 8 nitrogen and oxygen atoms in total. The lowest BCUT2D eigenvalue weighted by Crippen LogP contribution is -2.42. The molecule has 0 aromatic carbocycles. The van der Waals surface area contributed by atoms with Gasteiger partial charge in [0.25, 0.3) is 0 Å². The standard InChI is InChI=1S/C11H15N3O5/c1-4-12-5-8(14(18)19)10(16)13(11(12)17)6-9(15)7(2)3/h5,7H,4,6H2,1-3H3. The van der Waals surface area contributed by atoms with Crippen molar-refractivity contribution in [2.75, 3.05) is 0 Å². The summed E-state index contributed by atoms with van der Waals surface area (Å²) in [6, 6.07) is 0. The minimum atomic E-state index is -1.05. The van der Waals surface area contributed by atoms with Crippen molar-refractivity contribution in [3.8, 4) is 0 Å². The van der Waals surface area contributed by atoms with Crippen LogP contribution in [-0.2, 0) is 17.9 Å². The van der Waals surface area contributed by atoms with Gasteiger partial charge in [-0.1, -0.05) is 13.8 Å². The molecule has 0 saturated carbocycles. The molecule has 0 aliphatic carbocycles. The van der Waals surface area contributed by atoms with Crippen molar-refractivity contribution in [1.82, 2.24) is 9.13 Å². The molecule has 0 N–H and O–H groups in total. The van der Waals surface area contributed by atoms with Crippen LogP contribution in [0.3, 0.4) is 0 Å². The Kier molecular flexibility index (Phi) is 4.36. The van der Waals surface area contributed by atoms with E-state index in [0.29, 0.717) is 4.57 Å². The fourth-order valence-corrected chi connectivity index (χ4v) is 1.47. The molecule has 0 amide bonds. The molecular formula is C11H15N3O5. The number of hydrogen-bond acceptors (Lipinski definition) is 5. The zero-order valence-electron chi connectivity index (χ0n) is 11.0. The molecule has 0 fully saturated rings. The van der Waals surface area contributed by atoms with E-state index in [1.807, 2.05) is 0 Å². The first-order valence-corrected chi connectivity index (χ1v) is 5.81. The molecule has 0 bridgehead atoms. The summed E-state index contributed by atoms with van der Waals surface area (Å²) in [6.45, 7) is 4.60. The van der Waals surface area contributed by atoms with Gasteiger partial charge in [0.1, 0.15) is 0 Å². The van der Waals surface area contributed by atoms with Crippen LogP contribution < -0.4 is 11.2 Å². The molecule has 1 heterocycles. The highest BCUT2D eigenvalue weighted by Gasteiger charge is 2.21. The fraction of sp³-hybridized carbons (Fsp3) is 0.545. The van der Waals surface area contributed by atoms with Crippen molar-refractivity contribution in [3.05, 3.63) is 37.1 Å². The predicted octanol–water partition coefficient (Wildman–Crippen LogP) is 0.163. The van der Waals surface area contributed by atoms with Crippen LogP contribution in [0.25, 0.3) is 0 Å². The van der Waals surface area contributed by atoms with Crippen molar-refractivity contribution in [3.63, 3.8) is 0 Å². The molecule has 8 heteroatoms. The second-order valence-electron chi connectivity index (χ2n) is 4.35. The van der Waals surface area contributed by atoms with E-state index in [0.717, 1.165) is 10.8 Å². The molecule has 104 valence electrons. The van der Waals surface area contributed by atoms with Gasteiger partial charge in [0, 0.05) is 12.5 Å². The number of hydrogen-bond donors (Lipinski definition) is 0. The highest BCUT2D eigenvalue weighted by Crippen LogP contribution is 2.02. The molecule has 0 aliphatic heterocycles. The Morgan fingerprint density at radius 1 is 1.42 bits per heavy atom. The molecule has 1 aromatic rings. The molecule has 19 heavy (non-hydrogen) atoms. The number of carbonyl (C=O) groups is 1. The smallest absolute Gasteiger partial charge is 0.297 e.